The number of carbonyl (C=O) groups is 3. The molecule has 0 aromatic carbocycles. The standard InChI is InChI=1S/C5H12O3.3C4H6O2.Ti/c1-7-4-5-8-3-2-6;3*1-3(2)4(5)6;/h6H,2-5H2,1H3;3*1H2,2H3,(H,5,6);. The minimum absolute atomic E-state index is 0. The van der Waals surface area contributed by atoms with Gasteiger partial charge in [0.15, 0.2) is 0 Å². The van der Waals surface area contributed by atoms with Crippen molar-refractivity contribution in [2.45, 2.75) is 20.8 Å². The molecule has 0 aliphatic rings. The zero-order chi connectivity index (χ0) is 21.7. The fourth-order valence-electron chi connectivity index (χ4n) is 0.309. The van der Waals surface area contributed by atoms with Crippen molar-refractivity contribution >= 4 is 17.9 Å². The smallest absolute Gasteiger partial charge is 0.330 e. The van der Waals surface area contributed by atoms with Crippen LogP contribution in [0.4, 0.5) is 0 Å². The Balaban J connectivity index is -0.0000000794. The normalized spacial score (nSPS) is 7.89. The zero-order valence-corrected chi connectivity index (χ0v) is 17.8. The molecule has 0 unspecified atom stereocenters. The molecular formula is C17H30O9Ti. The molecule has 0 aliphatic carbocycles. The molecule has 0 saturated carbocycles. The fraction of sp³-hybridized carbons (Fsp3) is 0.471. The van der Waals surface area contributed by atoms with Crippen molar-refractivity contribution < 1.29 is 66.0 Å². The number of carboxylic acids is 3. The summed E-state index contributed by atoms with van der Waals surface area (Å²) in [5, 5.41) is 31.9. The number of aliphatic hydroxyl groups is 1. The number of aliphatic carboxylic acids is 3. The maximum atomic E-state index is 9.60. The first-order valence-electron chi connectivity index (χ1n) is 7.18. The maximum absolute atomic E-state index is 9.60. The first-order chi connectivity index (χ1) is 11.8. The number of rotatable bonds is 8. The van der Waals surface area contributed by atoms with Crippen LogP contribution >= 0.6 is 0 Å². The topological polar surface area (TPSA) is 151 Å². The summed E-state index contributed by atoms with van der Waals surface area (Å²) in [4.78, 5) is 28.8. The van der Waals surface area contributed by atoms with Gasteiger partial charge < -0.3 is 29.9 Å². The summed E-state index contributed by atoms with van der Waals surface area (Å²) in [7, 11) is 1.61. The molecule has 0 heterocycles. The van der Waals surface area contributed by atoms with Gasteiger partial charge >= 0.3 is 17.9 Å². The summed E-state index contributed by atoms with van der Waals surface area (Å²) >= 11 is 0. The number of hydrogen-bond acceptors (Lipinski definition) is 6. The molecule has 0 spiro atoms. The molecule has 27 heavy (non-hydrogen) atoms. The monoisotopic (exact) mass is 426 g/mol. The molecule has 0 aliphatic heterocycles. The Morgan fingerprint density at radius 3 is 1.15 bits per heavy atom. The van der Waals surface area contributed by atoms with E-state index in [2.05, 4.69) is 24.5 Å². The molecule has 0 rings (SSSR count). The quantitative estimate of drug-likeness (QED) is 0.258. The van der Waals surface area contributed by atoms with E-state index in [1.54, 1.807) is 7.11 Å². The average Bonchev–Trinajstić information content (AvgIpc) is 2.53. The maximum Gasteiger partial charge on any atom is 0.330 e. The number of methoxy groups -OCH3 is 1. The Hall–Kier alpha value is -1.78. The van der Waals surface area contributed by atoms with Gasteiger partial charge in [0.2, 0.25) is 0 Å². The third kappa shape index (κ3) is 51.6. The summed E-state index contributed by atoms with van der Waals surface area (Å²) in [6, 6.07) is 0. The van der Waals surface area contributed by atoms with Crippen LogP contribution in [0.25, 0.3) is 0 Å². The molecule has 4 N–H and O–H groups in total. The van der Waals surface area contributed by atoms with E-state index in [-0.39, 0.29) is 45.0 Å². The molecule has 0 radical (unpaired) electrons. The van der Waals surface area contributed by atoms with Crippen LogP contribution in [0.5, 0.6) is 0 Å². The van der Waals surface area contributed by atoms with Crippen LogP contribution < -0.4 is 0 Å². The molecule has 10 heteroatoms. The van der Waals surface area contributed by atoms with Gasteiger partial charge in [-0.2, -0.15) is 0 Å². The SMILES string of the molecule is C=C(C)C(=O)O.C=C(C)C(=O)O.C=C(C)C(=O)O.COCCOCCO.[Ti]. The molecule has 156 valence electrons. The van der Waals surface area contributed by atoms with Gasteiger partial charge in [0, 0.05) is 45.5 Å². The molecular weight excluding hydrogens is 396 g/mol. The van der Waals surface area contributed by atoms with E-state index < -0.39 is 17.9 Å². The molecule has 0 bridgehead atoms. The summed E-state index contributed by atoms with van der Waals surface area (Å²) in [5.41, 5.74) is 0.528. The number of ether oxygens (including phenoxy) is 2. The van der Waals surface area contributed by atoms with Gasteiger partial charge in [-0.1, -0.05) is 19.7 Å². The van der Waals surface area contributed by atoms with Crippen molar-refractivity contribution in [3.05, 3.63) is 36.5 Å². The van der Waals surface area contributed by atoms with Crippen molar-refractivity contribution in [3.63, 3.8) is 0 Å². The van der Waals surface area contributed by atoms with Gasteiger partial charge in [0.25, 0.3) is 0 Å². The summed E-state index contributed by atoms with van der Waals surface area (Å²) in [6.45, 7) is 15.5. The molecule has 0 saturated heterocycles. The number of carboxylic acid groups (broad SMARTS) is 3. The van der Waals surface area contributed by atoms with Crippen LogP contribution in [0.1, 0.15) is 20.8 Å². The van der Waals surface area contributed by atoms with E-state index in [0.29, 0.717) is 19.8 Å². The Morgan fingerprint density at radius 1 is 0.741 bits per heavy atom. The van der Waals surface area contributed by atoms with Gasteiger partial charge in [-0.15, -0.1) is 0 Å². The van der Waals surface area contributed by atoms with Crippen LogP contribution in [0.3, 0.4) is 0 Å². The fourth-order valence-corrected chi connectivity index (χ4v) is 0.309. The Bertz CT molecular complexity index is 360. The van der Waals surface area contributed by atoms with Gasteiger partial charge in [-0.05, 0) is 20.8 Å². The molecule has 0 aromatic heterocycles. The number of hydrogen-bond donors (Lipinski definition) is 4. The van der Waals surface area contributed by atoms with Crippen molar-refractivity contribution in [2.24, 2.45) is 0 Å². The van der Waals surface area contributed by atoms with Crippen molar-refractivity contribution in [1.29, 1.82) is 0 Å². The van der Waals surface area contributed by atoms with Crippen LogP contribution in [-0.4, -0.2) is 71.9 Å². The minimum atomic E-state index is -0.935. The van der Waals surface area contributed by atoms with E-state index in [1.807, 2.05) is 0 Å². The third-order valence-electron chi connectivity index (χ3n) is 1.76. The minimum Gasteiger partial charge on any atom is -0.478 e. The Kier molecular flexibility index (Phi) is 35.5. The first kappa shape index (κ1) is 36.2. The van der Waals surface area contributed by atoms with E-state index in [4.69, 9.17) is 25.2 Å². The van der Waals surface area contributed by atoms with Crippen LogP contribution in [0.2, 0.25) is 0 Å². The summed E-state index contributed by atoms with van der Waals surface area (Å²) < 4.78 is 9.53. The van der Waals surface area contributed by atoms with Gasteiger partial charge in [0.1, 0.15) is 0 Å². The second-order valence-electron chi connectivity index (χ2n) is 4.59. The summed E-state index contributed by atoms with van der Waals surface area (Å²) in [5.74, 6) is -2.81. The van der Waals surface area contributed by atoms with Gasteiger partial charge in [-0.25, -0.2) is 14.4 Å². The van der Waals surface area contributed by atoms with Crippen LogP contribution in [0, 0.1) is 0 Å². The van der Waals surface area contributed by atoms with Crippen LogP contribution in [0.15, 0.2) is 36.5 Å². The van der Waals surface area contributed by atoms with Gasteiger partial charge in [-0.3, -0.25) is 0 Å². The molecule has 0 amide bonds. The zero-order valence-electron chi connectivity index (χ0n) is 16.3. The van der Waals surface area contributed by atoms with Gasteiger partial charge in [0.05, 0.1) is 26.4 Å². The van der Waals surface area contributed by atoms with Crippen molar-refractivity contribution in [1.82, 2.24) is 0 Å². The second kappa shape index (κ2) is 26.5. The van der Waals surface area contributed by atoms with Crippen molar-refractivity contribution in [3.8, 4) is 0 Å². The third-order valence-corrected chi connectivity index (χ3v) is 1.76. The van der Waals surface area contributed by atoms with Crippen LogP contribution in [-0.2, 0) is 45.6 Å². The largest absolute Gasteiger partial charge is 0.478 e. The van der Waals surface area contributed by atoms with E-state index in [1.165, 1.54) is 20.8 Å². The predicted molar refractivity (Wildman–Crippen MR) is 97.1 cm³/mol. The van der Waals surface area contributed by atoms with E-state index in [0.717, 1.165) is 0 Å². The Morgan fingerprint density at radius 2 is 1.00 bits per heavy atom. The Labute approximate surface area is 174 Å². The molecule has 0 aromatic rings. The first-order valence-corrected chi connectivity index (χ1v) is 7.18. The second-order valence-corrected chi connectivity index (χ2v) is 4.59. The predicted octanol–water partition coefficient (Wildman–Crippen LogP) is 1.58. The average molecular weight is 426 g/mol. The van der Waals surface area contributed by atoms with E-state index in [9.17, 15) is 14.4 Å². The van der Waals surface area contributed by atoms with E-state index >= 15 is 0 Å². The molecule has 0 fully saturated rings. The summed E-state index contributed by atoms with van der Waals surface area (Å²) in [6.07, 6.45) is 0. The number of aliphatic hydroxyl groups excluding tert-OH is 1. The van der Waals surface area contributed by atoms with Crippen molar-refractivity contribution in [2.75, 3.05) is 33.5 Å². The molecule has 9 nitrogen and oxygen atoms in total. The molecule has 0 atom stereocenters.